The summed E-state index contributed by atoms with van der Waals surface area (Å²) in [5.74, 6) is 0.834. The topological polar surface area (TPSA) is 24.5 Å². The third-order valence-electron chi connectivity index (χ3n) is 3.47. The Bertz CT molecular complexity index is 407. The predicted molar refractivity (Wildman–Crippen MR) is 81.0 cm³/mol. The molecular formula is C15H23ClN2O. The molecule has 2 rings (SSSR count). The summed E-state index contributed by atoms with van der Waals surface area (Å²) >= 11 is 6.27. The van der Waals surface area contributed by atoms with Crippen LogP contribution in [0.25, 0.3) is 0 Å². The van der Waals surface area contributed by atoms with E-state index in [1.165, 1.54) is 12.8 Å². The highest BCUT2D eigenvalue weighted by Gasteiger charge is 2.20. The van der Waals surface area contributed by atoms with E-state index >= 15 is 0 Å². The van der Waals surface area contributed by atoms with Gasteiger partial charge in [-0.3, -0.25) is 0 Å². The van der Waals surface area contributed by atoms with E-state index in [0.29, 0.717) is 0 Å². The number of hydrogen-bond acceptors (Lipinski definition) is 3. The highest BCUT2D eigenvalue weighted by atomic mass is 35.5. The van der Waals surface area contributed by atoms with Crippen molar-refractivity contribution in [1.82, 2.24) is 5.32 Å². The van der Waals surface area contributed by atoms with Gasteiger partial charge < -0.3 is 15.0 Å². The van der Waals surface area contributed by atoms with Crippen LogP contribution < -0.4 is 10.2 Å². The first-order valence-corrected chi connectivity index (χ1v) is 7.30. The molecular weight excluding hydrogens is 260 g/mol. The average Bonchev–Trinajstić information content (AvgIpc) is 3.21. The number of halogens is 1. The molecule has 1 aromatic carbocycles. The van der Waals surface area contributed by atoms with Gasteiger partial charge in [-0.25, -0.2) is 0 Å². The second-order valence-corrected chi connectivity index (χ2v) is 5.65. The zero-order valence-electron chi connectivity index (χ0n) is 11.8. The van der Waals surface area contributed by atoms with Gasteiger partial charge in [-0.2, -0.15) is 0 Å². The fourth-order valence-corrected chi connectivity index (χ4v) is 2.21. The molecule has 1 aromatic rings. The molecule has 4 heteroatoms. The molecule has 0 aliphatic heterocycles. The minimum atomic E-state index is 0.781. The average molecular weight is 283 g/mol. The van der Waals surface area contributed by atoms with Crippen LogP contribution in [0.5, 0.6) is 0 Å². The first kappa shape index (κ1) is 14.6. The molecule has 0 bridgehead atoms. The van der Waals surface area contributed by atoms with Crippen LogP contribution in [0.4, 0.5) is 5.69 Å². The second kappa shape index (κ2) is 7.13. The Kier molecular flexibility index (Phi) is 5.49. The molecule has 19 heavy (non-hydrogen) atoms. The van der Waals surface area contributed by atoms with Gasteiger partial charge >= 0.3 is 0 Å². The lowest BCUT2D eigenvalue weighted by Crippen LogP contribution is -2.23. The summed E-state index contributed by atoms with van der Waals surface area (Å²) in [6, 6.07) is 6.21. The lowest BCUT2D eigenvalue weighted by molar-refractivity contribution is 0.131. The first-order valence-electron chi connectivity index (χ1n) is 6.92. The molecule has 0 unspecified atom stereocenters. The van der Waals surface area contributed by atoms with Crippen LogP contribution in [0.15, 0.2) is 18.2 Å². The van der Waals surface area contributed by atoms with Gasteiger partial charge in [-0.15, -0.1) is 0 Å². The zero-order chi connectivity index (χ0) is 13.7. The SMILES string of the molecule is CNCc1ccc(N(C)CCOCC2CC2)cc1Cl. The zero-order valence-corrected chi connectivity index (χ0v) is 12.5. The maximum atomic E-state index is 6.27. The summed E-state index contributed by atoms with van der Waals surface area (Å²) in [5, 5.41) is 3.93. The molecule has 3 nitrogen and oxygen atoms in total. The Labute approximate surface area is 120 Å². The van der Waals surface area contributed by atoms with Crippen molar-refractivity contribution >= 4 is 17.3 Å². The molecule has 0 amide bonds. The number of benzene rings is 1. The summed E-state index contributed by atoms with van der Waals surface area (Å²) in [6.45, 7) is 3.40. The van der Waals surface area contributed by atoms with E-state index in [9.17, 15) is 0 Å². The number of anilines is 1. The maximum absolute atomic E-state index is 6.27. The van der Waals surface area contributed by atoms with Gasteiger partial charge in [0.15, 0.2) is 0 Å². The highest BCUT2D eigenvalue weighted by molar-refractivity contribution is 6.31. The molecule has 1 fully saturated rings. The maximum Gasteiger partial charge on any atom is 0.0641 e. The first-order chi connectivity index (χ1) is 9.20. The fourth-order valence-electron chi connectivity index (χ4n) is 1.97. The number of hydrogen-bond donors (Lipinski definition) is 1. The molecule has 1 aliphatic carbocycles. The molecule has 0 aromatic heterocycles. The van der Waals surface area contributed by atoms with Crippen molar-refractivity contribution < 1.29 is 4.74 Å². The normalized spacial score (nSPS) is 14.7. The van der Waals surface area contributed by atoms with Crippen LogP contribution in [-0.4, -0.2) is 33.9 Å². The van der Waals surface area contributed by atoms with Crippen molar-refractivity contribution in [2.24, 2.45) is 5.92 Å². The van der Waals surface area contributed by atoms with Crippen LogP contribution in [0, 0.1) is 5.92 Å². The van der Waals surface area contributed by atoms with Gasteiger partial charge in [-0.1, -0.05) is 17.7 Å². The van der Waals surface area contributed by atoms with E-state index in [1.807, 2.05) is 13.1 Å². The third kappa shape index (κ3) is 4.68. The van der Waals surface area contributed by atoms with Crippen molar-refractivity contribution in [1.29, 1.82) is 0 Å². The standard InChI is InChI=1S/C15H23ClN2O/c1-17-10-13-5-6-14(9-15(13)16)18(2)7-8-19-11-12-3-4-12/h5-6,9,12,17H,3-4,7-8,10-11H2,1-2H3. The van der Waals surface area contributed by atoms with Crippen LogP contribution in [0.3, 0.4) is 0 Å². The van der Waals surface area contributed by atoms with Crippen molar-refractivity contribution in [3.8, 4) is 0 Å². The number of likely N-dealkylation sites (N-methyl/N-ethyl adjacent to an activating group) is 1. The quantitative estimate of drug-likeness (QED) is 0.742. The fraction of sp³-hybridized carbons (Fsp3) is 0.600. The van der Waals surface area contributed by atoms with Gasteiger partial charge in [0.2, 0.25) is 0 Å². The largest absolute Gasteiger partial charge is 0.379 e. The van der Waals surface area contributed by atoms with Gasteiger partial charge in [0.1, 0.15) is 0 Å². The molecule has 1 aliphatic rings. The number of nitrogens with one attached hydrogen (secondary N) is 1. The van der Waals surface area contributed by atoms with E-state index in [0.717, 1.165) is 48.5 Å². The third-order valence-corrected chi connectivity index (χ3v) is 3.82. The van der Waals surface area contributed by atoms with Crippen molar-refractivity contribution in [3.63, 3.8) is 0 Å². The monoisotopic (exact) mass is 282 g/mol. The van der Waals surface area contributed by atoms with E-state index in [4.69, 9.17) is 16.3 Å². The predicted octanol–water partition coefficient (Wildman–Crippen LogP) is 2.92. The van der Waals surface area contributed by atoms with Crippen molar-refractivity contribution in [2.75, 3.05) is 38.8 Å². The smallest absolute Gasteiger partial charge is 0.0641 e. The second-order valence-electron chi connectivity index (χ2n) is 5.25. The van der Waals surface area contributed by atoms with Gasteiger partial charge in [0.05, 0.1) is 6.61 Å². The minimum Gasteiger partial charge on any atom is -0.379 e. The Morgan fingerprint density at radius 3 is 2.84 bits per heavy atom. The summed E-state index contributed by atoms with van der Waals surface area (Å²) in [6.07, 6.45) is 2.69. The van der Waals surface area contributed by atoms with E-state index in [-0.39, 0.29) is 0 Å². The summed E-state index contributed by atoms with van der Waals surface area (Å²) in [7, 11) is 4.00. The molecule has 1 N–H and O–H groups in total. The lowest BCUT2D eigenvalue weighted by atomic mass is 10.2. The molecule has 0 spiro atoms. The van der Waals surface area contributed by atoms with E-state index < -0.39 is 0 Å². The summed E-state index contributed by atoms with van der Waals surface area (Å²) in [5.41, 5.74) is 2.27. The number of rotatable bonds is 8. The van der Waals surface area contributed by atoms with Gasteiger partial charge in [0, 0.05) is 37.5 Å². The molecule has 106 valence electrons. The lowest BCUT2D eigenvalue weighted by Gasteiger charge is -2.20. The van der Waals surface area contributed by atoms with Crippen molar-refractivity contribution in [3.05, 3.63) is 28.8 Å². The van der Waals surface area contributed by atoms with Crippen molar-refractivity contribution in [2.45, 2.75) is 19.4 Å². The summed E-state index contributed by atoms with van der Waals surface area (Å²) in [4.78, 5) is 2.18. The van der Waals surface area contributed by atoms with Crippen LogP contribution in [0.2, 0.25) is 5.02 Å². The molecule has 0 saturated heterocycles. The Hall–Kier alpha value is -0.770. The number of nitrogens with zero attached hydrogens (tertiary/aromatic N) is 1. The van der Waals surface area contributed by atoms with E-state index in [1.54, 1.807) is 0 Å². The van der Waals surface area contributed by atoms with E-state index in [2.05, 4.69) is 29.4 Å². The summed E-state index contributed by atoms with van der Waals surface area (Å²) < 4.78 is 5.66. The van der Waals surface area contributed by atoms with Gasteiger partial charge in [0.25, 0.3) is 0 Å². The molecule has 0 heterocycles. The Balaban J connectivity index is 1.80. The highest BCUT2D eigenvalue weighted by Crippen LogP contribution is 2.28. The Morgan fingerprint density at radius 2 is 2.21 bits per heavy atom. The van der Waals surface area contributed by atoms with Crippen LogP contribution >= 0.6 is 11.6 Å². The molecule has 0 atom stereocenters. The molecule has 0 radical (unpaired) electrons. The van der Waals surface area contributed by atoms with Gasteiger partial charge in [-0.05, 0) is 43.5 Å². The number of ether oxygens (including phenoxy) is 1. The Morgan fingerprint density at radius 1 is 1.42 bits per heavy atom. The molecule has 1 saturated carbocycles. The minimum absolute atomic E-state index is 0.781. The van der Waals surface area contributed by atoms with Crippen LogP contribution in [0.1, 0.15) is 18.4 Å². The van der Waals surface area contributed by atoms with Crippen LogP contribution in [-0.2, 0) is 11.3 Å².